The van der Waals surface area contributed by atoms with Gasteiger partial charge in [0, 0.05) is 11.8 Å². The predicted molar refractivity (Wildman–Crippen MR) is 43.7 cm³/mol. The lowest BCUT2D eigenvalue weighted by Crippen LogP contribution is -2.23. The van der Waals surface area contributed by atoms with Crippen LogP contribution in [0.25, 0.3) is 0 Å². The van der Waals surface area contributed by atoms with Gasteiger partial charge in [-0.2, -0.15) is 11.8 Å². The summed E-state index contributed by atoms with van der Waals surface area (Å²) in [7, 11) is 0. The first-order valence-corrected chi connectivity index (χ1v) is 4.97. The van der Waals surface area contributed by atoms with Crippen LogP contribution in [-0.2, 0) is 0 Å². The lowest BCUT2D eigenvalue weighted by molar-refractivity contribution is 0.617. The van der Waals surface area contributed by atoms with Crippen LogP contribution in [0, 0.1) is 5.92 Å². The first-order valence-electron chi connectivity index (χ1n) is 3.57. The van der Waals surface area contributed by atoms with Crippen LogP contribution in [0.5, 0.6) is 0 Å². The maximum Gasteiger partial charge on any atom is 0.0132 e. The first-order chi connectivity index (χ1) is 4.33. The fourth-order valence-electron chi connectivity index (χ4n) is 1.06. The van der Waals surface area contributed by atoms with Gasteiger partial charge in [0.2, 0.25) is 0 Å². The summed E-state index contributed by atoms with van der Waals surface area (Å²) in [4.78, 5) is 0. The average molecular weight is 145 g/mol. The molecule has 2 heteroatoms. The van der Waals surface area contributed by atoms with Gasteiger partial charge in [0.05, 0.1) is 0 Å². The molecule has 1 nitrogen and oxygen atoms in total. The van der Waals surface area contributed by atoms with Gasteiger partial charge in [-0.25, -0.2) is 0 Å². The maximum absolute atomic E-state index is 5.80. The van der Waals surface area contributed by atoms with Gasteiger partial charge in [0.15, 0.2) is 0 Å². The Morgan fingerprint density at radius 1 is 1.67 bits per heavy atom. The van der Waals surface area contributed by atoms with Gasteiger partial charge < -0.3 is 5.73 Å². The second-order valence-electron chi connectivity index (χ2n) is 2.89. The van der Waals surface area contributed by atoms with E-state index in [1.165, 1.54) is 19.3 Å². The molecule has 1 fully saturated rings. The molecule has 1 unspecified atom stereocenters. The number of hydrogen-bond donors (Lipinski definition) is 1. The van der Waals surface area contributed by atoms with E-state index in [1.807, 2.05) is 11.8 Å². The zero-order valence-electron chi connectivity index (χ0n) is 5.97. The van der Waals surface area contributed by atoms with Crippen LogP contribution >= 0.6 is 11.8 Å². The van der Waals surface area contributed by atoms with Crippen molar-refractivity contribution in [2.75, 3.05) is 12.0 Å². The SMILES string of the molecule is CSCC(N)CC1CC1. The maximum atomic E-state index is 5.80. The van der Waals surface area contributed by atoms with Gasteiger partial charge in [-0.15, -0.1) is 0 Å². The fourth-order valence-corrected chi connectivity index (χ4v) is 1.63. The minimum atomic E-state index is 0.465. The van der Waals surface area contributed by atoms with E-state index < -0.39 is 0 Å². The molecule has 0 aliphatic heterocycles. The normalized spacial score (nSPS) is 22.0. The van der Waals surface area contributed by atoms with Crippen LogP contribution < -0.4 is 5.73 Å². The Balaban J connectivity index is 1.95. The van der Waals surface area contributed by atoms with Crippen LogP contribution in [0.15, 0.2) is 0 Å². The van der Waals surface area contributed by atoms with Crippen LogP contribution in [0.2, 0.25) is 0 Å². The number of thioether (sulfide) groups is 1. The lowest BCUT2D eigenvalue weighted by atomic mass is 10.2. The van der Waals surface area contributed by atoms with Crippen molar-refractivity contribution >= 4 is 11.8 Å². The second kappa shape index (κ2) is 3.47. The van der Waals surface area contributed by atoms with E-state index in [4.69, 9.17) is 5.73 Å². The highest BCUT2D eigenvalue weighted by Crippen LogP contribution is 2.33. The highest BCUT2D eigenvalue weighted by molar-refractivity contribution is 7.98. The third-order valence-corrected chi connectivity index (χ3v) is 2.48. The highest BCUT2D eigenvalue weighted by atomic mass is 32.2. The summed E-state index contributed by atoms with van der Waals surface area (Å²) in [5, 5.41) is 0. The zero-order valence-corrected chi connectivity index (χ0v) is 6.79. The van der Waals surface area contributed by atoms with E-state index in [0.717, 1.165) is 11.7 Å². The molecule has 2 N–H and O–H groups in total. The van der Waals surface area contributed by atoms with Crippen molar-refractivity contribution in [3.05, 3.63) is 0 Å². The molecule has 0 heterocycles. The summed E-state index contributed by atoms with van der Waals surface area (Å²) in [5.74, 6) is 2.13. The summed E-state index contributed by atoms with van der Waals surface area (Å²) >= 11 is 1.85. The molecule has 0 bridgehead atoms. The Hall–Kier alpha value is 0.310. The van der Waals surface area contributed by atoms with Gasteiger partial charge >= 0.3 is 0 Å². The van der Waals surface area contributed by atoms with Crippen molar-refractivity contribution < 1.29 is 0 Å². The summed E-state index contributed by atoms with van der Waals surface area (Å²) in [6.07, 6.45) is 6.25. The monoisotopic (exact) mass is 145 g/mol. The predicted octanol–water partition coefficient (Wildman–Crippen LogP) is 1.48. The Morgan fingerprint density at radius 3 is 2.78 bits per heavy atom. The molecule has 0 saturated heterocycles. The standard InChI is InChI=1S/C7H15NS/c1-9-5-7(8)4-6-2-3-6/h6-7H,2-5,8H2,1H3. The Kier molecular flexibility index (Phi) is 2.86. The van der Waals surface area contributed by atoms with Gasteiger partial charge in [0.25, 0.3) is 0 Å². The lowest BCUT2D eigenvalue weighted by Gasteiger charge is -2.06. The molecule has 9 heavy (non-hydrogen) atoms. The van der Waals surface area contributed by atoms with E-state index >= 15 is 0 Å². The third kappa shape index (κ3) is 3.11. The summed E-state index contributed by atoms with van der Waals surface area (Å²) in [6, 6.07) is 0.465. The second-order valence-corrected chi connectivity index (χ2v) is 3.81. The molecular weight excluding hydrogens is 130 g/mol. The molecule has 1 aliphatic rings. The van der Waals surface area contributed by atoms with E-state index in [0.29, 0.717) is 6.04 Å². The van der Waals surface area contributed by atoms with Crippen molar-refractivity contribution in [3.8, 4) is 0 Å². The molecule has 1 saturated carbocycles. The van der Waals surface area contributed by atoms with Crippen molar-refractivity contribution in [3.63, 3.8) is 0 Å². The third-order valence-electron chi connectivity index (χ3n) is 1.71. The van der Waals surface area contributed by atoms with E-state index in [9.17, 15) is 0 Å². The number of rotatable bonds is 4. The highest BCUT2D eigenvalue weighted by Gasteiger charge is 2.23. The quantitative estimate of drug-likeness (QED) is 0.648. The molecule has 0 spiro atoms. The molecule has 1 aliphatic carbocycles. The number of nitrogens with two attached hydrogens (primary N) is 1. The van der Waals surface area contributed by atoms with E-state index in [1.54, 1.807) is 0 Å². The van der Waals surface area contributed by atoms with Crippen LogP contribution in [0.3, 0.4) is 0 Å². The van der Waals surface area contributed by atoms with Crippen molar-refractivity contribution in [2.45, 2.75) is 25.3 Å². The molecule has 54 valence electrons. The summed E-state index contributed by atoms with van der Waals surface area (Å²) < 4.78 is 0. The Bertz CT molecular complexity index is 81.0. The van der Waals surface area contributed by atoms with E-state index in [-0.39, 0.29) is 0 Å². The smallest absolute Gasteiger partial charge is 0.0132 e. The van der Waals surface area contributed by atoms with Crippen LogP contribution in [-0.4, -0.2) is 18.1 Å². The zero-order chi connectivity index (χ0) is 6.69. The minimum absolute atomic E-state index is 0.465. The summed E-state index contributed by atoms with van der Waals surface area (Å²) in [6.45, 7) is 0. The average Bonchev–Trinajstić information content (AvgIpc) is 2.50. The van der Waals surface area contributed by atoms with Gasteiger partial charge in [-0.1, -0.05) is 12.8 Å². The van der Waals surface area contributed by atoms with Gasteiger partial charge in [-0.3, -0.25) is 0 Å². The van der Waals surface area contributed by atoms with E-state index in [2.05, 4.69) is 6.26 Å². The van der Waals surface area contributed by atoms with Crippen molar-refractivity contribution in [1.82, 2.24) is 0 Å². The first kappa shape index (κ1) is 7.42. The topological polar surface area (TPSA) is 26.0 Å². The Morgan fingerprint density at radius 2 is 2.33 bits per heavy atom. The molecule has 0 amide bonds. The fraction of sp³-hybridized carbons (Fsp3) is 1.00. The molecule has 0 aromatic heterocycles. The minimum Gasteiger partial charge on any atom is -0.327 e. The Labute approximate surface area is 61.4 Å². The molecule has 0 aromatic carbocycles. The molecule has 1 atom stereocenters. The van der Waals surface area contributed by atoms with Crippen LogP contribution in [0.4, 0.5) is 0 Å². The molecule has 0 aromatic rings. The largest absolute Gasteiger partial charge is 0.327 e. The summed E-state index contributed by atoms with van der Waals surface area (Å²) in [5.41, 5.74) is 5.80. The molecule has 0 radical (unpaired) electrons. The van der Waals surface area contributed by atoms with Crippen LogP contribution in [0.1, 0.15) is 19.3 Å². The number of hydrogen-bond acceptors (Lipinski definition) is 2. The van der Waals surface area contributed by atoms with Gasteiger partial charge in [-0.05, 0) is 18.6 Å². The van der Waals surface area contributed by atoms with Crippen molar-refractivity contribution in [2.24, 2.45) is 11.7 Å². The molecular formula is C7H15NS. The van der Waals surface area contributed by atoms with Crippen molar-refractivity contribution in [1.29, 1.82) is 0 Å². The molecule has 1 rings (SSSR count). The van der Waals surface area contributed by atoms with Gasteiger partial charge in [0.1, 0.15) is 0 Å².